The molecule has 1 amide bonds. The standard InChI is InChI=1S/C13H18N2O4S/c1-9(13(17)14-11-3-4-11)20(18,19)8-10-5-6-15(2)12(16)7-10/h5-7,9,11H,3-4,8H2,1-2H3,(H,14,17)/t9-/m1/s1. The molecule has 20 heavy (non-hydrogen) atoms. The second kappa shape index (κ2) is 5.40. The van der Waals surface area contributed by atoms with Gasteiger partial charge in [0.1, 0.15) is 5.25 Å². The van der Waals surface area contributed by atoms with Crippen LogP contribution < -0.4 is 10.9 Å². The third-order valence-electron chi connectivity index (χ3n) is 3.37. The smallest absolute Gasteiger partial charge is 0.250 e. The topological polar surface area (TPSA) is 85.2 Å². The maximum Gasteiger partial charge on any atom is 0.250 e. The lowest BCUT2D eigenvalue weighted by molar-refractivity contribution is -0.120. The van der Waals surface area contributed by atoms with Gasteiger partial charge >= 0.3 is 0 Å². The van der Waals surface area contributed by atoms with Gasteiger partial charge in [0, 0.05) is 25.4 Å². The van der Waals surface area contributed by atoms with Crippen molar-refractivity contribution >= 4 is 15.7 Å². The van der Waals surface area contributed by atoms with Gasteiger partial charge in [0.15, 0.2) is 9.84 Å². The van der Waals surface area contributed by atoms with Gasteiger partial charge in [0.25, 0.3) is 5.56 Å². The Balaban J connectivity index is 2.10. The number of carbonyl (C=O) groups excluding carboxylic acids is 1. The molecule has 110 valence electrons. The Kier molecular flexibility index (Phi) is 3.99. The summed E-state index contributed by atoms with van der Waals surface area (Å²) in [6.45, 7) is 1.38. The first-order valence-electron chi connectivity index (χ1n) is 6.47. The summed E-state index contributed by atoms with van der Waals surface area (Å²) in [6, 6.07) is 2.98. The van der Waals surface area contributed by atoms with Crippen LogP contribution in [0.3, 0.4) is 0 Å². The summed E-state index contributed by atoms with van der Waals surface area (Å²) >= 11 is 0. The highest BCUT2D eigenvalue weighted by molar-refractivity contribution is 7.92. The highest BCUT2D eigenvalue weighted by Gasteiger charge is 2.32. The van der Waals surface area contributed by atoms with Crippen molar-refractivity contribution in [1.82, 2.24) is 9.88 Å². The van der Waals surface area contributed by atoms with Crippen molar-refractivity contribution in [3.05, 3.63) is 34.2 Å². The van der Waals surface area contributed by atoms with E-state index in [9.17, 15) is 18.0 Å². The molecule has 7 heteroatoms. The fourth-order valence-electron chi connectivity index (χ4n) is 1.75. The molecule has 1 heterocycles. The third kappa shape index (κ3) is 3.47. The van der Waals surface area contributed by atoms with Crippen molar-refractivity contribution in [2.45, 2.75) is 36.8 Å². The number of amides is 1. The van der Waals surface area contributed by atoms with E-state index in [0.29, 0.717) is 5.56 Å². The molecule has 0 unspecified atom stereocenters. The van der Waals surface area contributed by atoms with E-state index in [-0.39, 0.29) is 17.4 Å². The number of hydrogen-bond acceptors (Lipinski definition) is 4. The van der Waals surface area contributed by atoms with E-state index >= 15 is 0 Å². The van der Waals surface area contributed by atoms with Gasteiger partial charge in [-0.05, 0) is 31.4 Å². The van der Waals surface area contributed by atoms with Gasteiger partial charge in [0.2, 0.25) is 5.91 Å². The first-order valence-corrected chi connectivity index (χ1v) is 8.18. The van der Waals surface area contributed by atoms with Gasteiger partial charge in [-0.25, -0.2) is 8.42 Å². The van der Waals surface area contributed by atoms with Crippen LogP contribution in [-0.4, -0.2) is 30.2 Å². The first kappa shape index (κ1) is 14.8. The Hall–Kier alpha value is -1.63. The number of sulfone groups is 1. The van der Waals surface area contributed by atoms with Crippen molar-refractivity contribution in [3.63, 3.8) is 0 Å². The minimum atomic E-state index is -3.62. The maximum atomic E-state index is 12.2. The summed E-state index contributed by atoms with van der Waals surface area (Å²) in [7, 11) is -2.03. The average molecular weight is 298 g/mol. The largest absolute Gasteiger partial charge is 0.352 e. The Labute approximate surface area is 117 Å². The summed E-state index contributed by atoms with van der Waals surface area (Å²) < 4.78 is 25.7. The van der Waals surface area contributed by atoms with Crippen LogP contribution in [-0.2, 0) is 27.4 Å². The van der Waals surface area contributed by atoms with Crippen LogP contribution in [0.2, 0.25) is 0 Å². The predicted octanol–water partition coefficient (Wildman–Crippen LogP) is -0.0328. The molecule has 0 aliphatic heterocycles. The van der Waals surface area contributed by atoms with E-state index < -0.39 is 21.0 Å². The van der Waals surface area contributed by atoms with E-state index in [0.717, 1.165) is 12.8 Å². The number of aryl methyl sites for hydroxylation is 1. The highest BCUT2D eigenvalue weighted by Crippen LogP contribution is 2.19. The van der Waals surface area contributed by atoms with Crippen molar-refractivity contribution < 1.29 is 13.2 Å². The normalized spacial score (nSPS) is 16.7. The molecule has 1 aromatic rings. The van der Waals surface area contributed by atoms with Crippen LogP contribution in [0.15, 0.2) is 23.1 Å². The zero-order chi connectivity index (χ0) is 14.9. The lowest BCUT2D eigenvalue weighted by atomic mass is 10.3. The molecule has 0 spiro atoms. The molecule has 0 saturated heterocycles. The molecule has 2 rings (SSSR count). The van der Waals surface area contributed by atoms with E-state index in [4.69, 9.17) is 0 Å². The fraction of sp³-hybridized carbons (Fsp3) is 0.538. The highest BCUT2D eigenvalue weighted by atomic mass is 32.2. The van der Waals surface area contributed by atoms with E-state index in [1.165, 1.54) is 23.8 Å². The number of aromatic nitrogens is 1. The number of hydrogen-bond donors (Lipinski definition) is 1. The summed E-state index contributed by atoms with van der Waals surface area (Å²) in [6.07, 6.45) is 3.34. The summed E-state index contributed by atoms with van der Waals surface area (Å²) in [4.78, 5) is 23.3. The molecule has 1 aliphatic carbocycles. The Bertz CT molecular complexity index is 674. The second-order valence-corrected chi connectivity index (χ2v) is 7.54. The van der Waals surface area contributed by atoms with E-state index in [1.54, 1.807) is 13.1 Å². The Morgan fingerprint density at radius 3 is 2.70 bits per heavy atom. The average Bonchev–Trinajstić information content (AvgIpc) is 3.16. The lowest BCUT2D eigenvalue weighted by Gasteiger charge is -2.13. The minimum Gasteiger partial charge on any atom is -0.352 e. The molecule has 1 aromatic heterocycles. The SMILES string of the molecule is C[C@H](C(=O)NC1CC1)S(=O)(=O)Cc1ccn(C)c(=O)c1. The van der Waals surface area contributed by atoms with Gasteiger partial charge in [-0.3, -0.25) is 9.59 Å². The molecule has 1 fully saturated rings. The van der Waals surface area contributed by atoms with Gasteiger partial charge in [0.05, 0.1) is 5.75 Å². The molecule has 1 atom stereocenters. The van der Waals surface area contributed by atoms with Crippen molar-refractivity contribution in [3.8, 4) is 0 Å². The van der Waals surface area contributed by atoms with Gasteiger partial charge in [-0.1, -0.05) is 0 Å². The maximum absolute atomic E-state index is 12.2. The molecule has 0 bridgehead atoms. The third-order valence-corrected chi connectivity index (χ3v) is 5.40. The Morgan fingerprint density at radius 2 is 2.15 bits per heavy atom. The second-order valence-electron chi connectivity index (χ2n) is 5.22. The molecule has 1 saturated carbocycles. The van der Waals surface area contributed by atoms with Crippen molar-refractivity contribution in [2.24, 2.45) is 7.05 Å². The summed E-state index contributed by atoms with van der Waals surface area (Å²) in [5, 5.41) is 1.58. The number of rotatable bonds is 5. The van der Waals surface area contributed by atoms with Crippen LogP contribution in [0.1, 0.15) is 25.3 Å². The molecule has 1 N–H and O–H groups in total. The Morgan fingerprint density at radius 1 is 1.50 bits per heavy atom. The van der Waals surface area contributed by atoms with E-state index in [2.05, 4.69) is 5.32 Å². The molecular weight excluding hydrogens is 280 g/mol. The number of carbonyl (C=O) groups is 1. The van der Waals surface area contributed by atoms with Gasteiger partial charge < -0.3 is 9.88 Å². The molecular formula is C13H18N2O4S. The zero-order valence-electron chi connectivity index (χ0n) is 11.5. The first-order chi connectivity index (χ1) is 9.29. The van der Waals surface area contributed by atoms with Crippen LogP contribution in [0.25, 0.3) is 0 Å². The van der Waals surface area contributed by atoms with Crippen LogP contribution in [0, 0.1) is 0 Å². The van der Waals surface area contributed by atoms with Crippen LogP contribution >= 0.6 is 0 Å². The number of nitrogens with zero attached hydrogens (tertiary/aromatic N) is 1. The number of nitrogens with one attached hydrogen (secondary N) is 1. The molecule has 0 radical (unpaired) electrons. The van der Waals surface area contributed by atoms with E-state index in [1.807, 2.05) is 0 Å². The minimum absolute atomic E-state index is 0.129. The molecule has 0 aromatic carbocycles. The van der Waals surface area contributed by atoms with Crippen LogP contribution in [0.4, 0.5) is 0 Å². The summed E-state index contributed by atoms with van der Waals surface area (Å²) in [5.41, 5.74) is 0.131. The predicted molar refractivity (Wildman–Crippen MR) is 74.9 cm³/mol. The van der Waals surface area contributed by atoms with Crippen LogP contribution in [0.5, 0.6) is 0 Å². The monoisotopic (exact) mass is 298 g/mol. The zero-order valence-corrected chi connectivity index (χ0v) is 12.3. The lowest BCUT2D eigenvalue weighted by Crippen LogP contribution is -2.39. The van der Waals surface area contributed by atoms with Gasteiger partial charge in [-0.15, -0.1) is 0 Å². The summed E-state index contributed by atoms with van der Waals surface area (Å²) in [5.74, 6) is -0.765. The number of pyridine rings is 1. The van der Waals surface area contributed by atoms with Gasteiger partial charge in [-0.2, -0.15) is 0 Å². The molecule has 1 aliphatic rings. The fourth-order valence-corrected chi connectivity index (χ4v) is 3.03. The van der Waals surface area contributed by atoms with Crippen molar-refractivity contribution in [2.75, 3.05) is 0 Å². The quantitative estimate of drug-likeness (QED) is 0.827. The molecule has 6 nitrogen and oxygen atoms in total. The van der Waals surface area contributed by atoms with Crippen molar-refractivity contribution in [1.29, 1.82) is 0 Å².